The number of unbranched alkanes of at least 4 members (excludes halogenated alkanes) is 1. The third-order valence-electron chi connectivity index (χ3n) is 5.72. The van der Waals surface area contributed by atoms with Crippen LogP contribution in [0.3, 0.4) is 0 Å². The minimum atomic E-state index is -0.0849. The van der Waals surface area contributed by atoms with E-state index in [9.17, 15) is 4.79 Å². The largest absolute Gasteiger partial charge is 0.494 e. The molecule has 4 rings (SSSR count). The van der Waals surface area contributed by atoms with Crippen LogP contribution in [0.5, 0.6) is 5.75 Å². The van der Waals surface area contributed by atoms with Crippen molar-refractivity contribution in [3.63, 3.8) is 0 Å². The van der Waals surface area contributed by atoms with Crippen LogP contribution in [0.1, 0.15) is 60.9 Å². The summed E-state index contributed by atoms with van der Waals surface area (Å²) in [6.07, 6.45) is 7.34. The van der Waals surface area contributed by atoms with Crippen LogP contribution in [0.15, 0.2) is 63.6 Å². The summed E-state index contributed by atoms with van der Waals surface area (Å²) in [7, 11) is 0. The number of piperidine rings is 1. The molecule has 2 aromatic heterocycles. The molecule has 0 N–H and O–H groups in total. The molecule has 0 saturated carbocycles. The molecule has 0 aliphatic carbocycles. The molecule has 0 atom stereocenters. The van der Waals surface area contributed by atoms with E-state index in [1.165, 1.54) is 19.3 Å². The quantitative estimate of drug-likeness (QED) is 0.371. The Kier molecular flexibility index (Phi) is 7.54. The van der Waals surface area contributed by atoms with E-state index in [4.69, 9.17) is 13.6 Å². The van der Waals surface area contributed by atoms with Crippen LogP contribution in [0.2, 0.25) is 0 Å². The second-order valence-corrected chi connectivity index (χ2v) is 8.26. The van der Waals surface area contributed by atoms with Crippen LogP contribution in [-0.4, -0.2) is 30.5 Å². The number of anilines is 1. The molecule has 1 aliphatic heterocycles. The standard InChI is InChI=1S/C26H32N2O4/c1-2-3-16-30-22-10-7-9-21(18-22)26(29)28(19-23-11-8-17-31-23)20-24-12-13-25(32-24)27-14-5-4-6-15-27/h7-13,17-18H,2-6,14-16,19-20H2,1H3. The van der Waals surface area contributed by atoms with Gasteiger partial charge in [0, 0.05) is 24.7 Å². The van der Waals surface area contributed by atoms with Gasteiger partial charge in [-0.05, 0) is 62.1 Å². The van der Waals surface area contributed by atoms with E-state index in [0.29, 0.717) is 31.0 Å². The smallest absolute Gasteiger partial charge is 0.254 e. The van der Waals surface area contributed by atoms with E-state index < -0.39 is 0 Å². The highest BCUT2D eigenvalue weighted by Gasteiger charge is 2.21. The molecular formula is C26H32N2O4. The summed E-state index contributed by atoms with van der Waals surface area (Å²) in [5.41, 5.74) is 0.591. The Morgan fingerprint density at radius 2 is 1.88 bits per heavy atom. The Balaban J connectivity index is 1.50. The topological polar surface area (TPSA) is 59.1 Å². The highest BCUT2D eigenvalue weighted by Crippen LogP contribution is 2.25. The first kappa shape index (κ1) is 22.1. The van der Waals surface area contributed by atoms with Crippen molar-refractivity contribution in [2.24, 2.45) is 0 Å². The SMILES string of the molecule is CCCCOc1cccc(C(=O)N(Cc2ccco2)Cc2ccc(N3CCCCC3)o2)c1. The highest BCUT2D eigenvalue weighted by atomic mass is 16.5. The van der Waals surface area contributed by atoms with Crippen molar-refractivity contribution in [2.45, 2.75) is 52.1 Å². The lowest BCUT2D eigenvalue weighted by molar-refractivity contribution is 0.0704. The number of benzene rings is 1. The molecule has 3 aromatic rings. The summed E-state index contributed by atoms with van der Waals surface area (Å²) >= 11 is 0. The molecular weight excluding hydrogens is 404 g/mol. The summed E-state index contributed by atoms with van der Waals surface area (Å²) in [5, 5.41) is 0. The fourth-order valence-corrected chi connectivity index (χ4v) is 3.95. The van der Waals surface area contributed by atoms with Crippen molar-refractivity contribution < 1.29 is 18.4 Å². The monoisotopic (exact) mass is 436 g/mol. The molecule has 6 nitrogen and oxygen atoms in total. The fourth-order valence-electron chi connectivity index (χ4n) is 3.95. The van der Waals surface area contributed by atoms with Gasteiger partial charge in [-0.1, -0.05) is 19.4 Å². The summed E-state index contributed by atoms with van der Waals surface area (Å²) < 4.78 is 17.4. The van der Waals surface area contributed by atoms with Crippen LogP contribution in [0.4, 0.5) is 5.88 Å². The Morgan fingerprint density at radius 1 is 1.03 bits per heavy atom. The van der Waals surface area contributed by atoms with E-state index >= 15 is 0 Å². The van der Waals surface area contributed by atoms with Gasteiger partial charge in [-0.25, -0.2) is 0 Å². The van der Waals surface area contributed by atoms with E-state index in [1.807, 2.05) is 48.5 Å². The van der Waals surface area contributed by atoms with Gasteiger partial charge in [-0.3, -0.25) is 4.79 Å². The molecule has 6 heteroatoms. The first-order chi connectivity index (χ1) is 15.7. The Morgan fingerprint density at radius 3 is 2.66 bits per heavy atom. The van der Waals surface area contributed by atoms with Crippen LogP contribution in [0, 0.1) is 0 Å². The average molecular weight is 437 g/mol. The number of rotatable bonds is 10. The fraction of sp³-hybridized carbons (Fsp3) is 0.423. The van der Waals surface area contributed by atoms with Gasteiger partial charge >= 0.3 is 0 Å². The van der Waals surface area contributed by atoms with Crippen molar-refractivity contribution in [1.29, 1.82) is 0 Å². The zero-order valence-electron chi connectivity index (χ0n) is 18.8. The highest BCUT2D eigenvalue weighted by molar-refractivity contribution is 5.94. The second kappa shape index (κ2) is 10.9. The maximum atomic E-state index is 13.4. The predicted molar refractivity (Wildman–Crippen MR) is 124 cm³/mol. The van der Waals surface area contributed by atoms with Gasteiger partial charge in [0.1, 0.15) is 17.3 Å². The maximum absolute atomic E-state index is 13.4. The third kappa shape index (κ3) is 5.75. The molecule has 0 spiro atoms. The molecule has 1 saturated heterocycles. The van der Waals surface area contributed by atoms with Crippen molar-refractivity contribution in [3.8, 4) is 5.75 Å². The minimum Gasteiger partial charge on any atom is -0.494 e. The predicted octanol–water partition coefficient (Wildman–Crippen LogP) is 5.88. The number of carbonyl (C=O) groups is 1. The number of ether oxygens (including phenoxy) is 1. The number of nitrogens with zero attached hydrogens (tertiary/aromatic N) is 2. The van der Waals surface area contributed by atoms with Crippen LogP contribution >= 0.6 is 0 Å². The Hall–Kier alpha value is -3.15. The van der Waals surface area contributed by atoms with Gasteiger partial charge < -0.3 is 23.4 Å². The lowest BCUT2D eigenvalue weighted by Gasteiger charge is -2.26. The van der Waals surface area contributed by atoms with Crippen molar-refractivity contribution in [1.82, 2.24) is 4.90 Å². The third-order valence-corrected chi connectivity index (χ3v) is 5.72. The summed E-state index contributed by atoms with van der Waals surface area (Å²) in [6, 6.07) is 15.1. The Bertz CT molecular complexity index is 973. The molecule has 3 heterocycles. The van der Waals surface area contributed by atoms with Gasteiger partial charge in [0.25, 0.3) is 5.91 Å². The van der Waals surface area contributed by atoms with Gasteiger partial charge in [-0.15, -0.1) is 0 Å². The zero-order valence-corrected chi connectivity index (χ0v) is 18.8. The molecule has 170 valence electrons. The molecule has 1 aliphatic rings. The van der Waals surface area contributed by atoms with Gasteiger partial charge in [0.15, 0.2) is 5.88 Å². The molecule has 1 aromatic carbocycles. The van der Waals surface area contributed by atoms with Crippen molar-refractivity contribution in [3.05, 3.63) is 71.9 Å². The molecule has 1 amide bonds. The van der Waals surface area contributed by atoms with Crippen LogP contribution < -0.4 is 9.64 Å². The average Bonchev–Trinajstić information content (AvgIpc) is 3.52. The molecule has 0 unspecified atom stereocenters. The normalized spacial score (nSPS) is 13.8. The van der Waals surface area contributed by atoms with Crippen LogP contribution in [-0.2, 0) is 13.1 Å². The van der Waals surface area contributed by atoms with Crippen molar-refractivity contribution in [2.75, 3.05) is 24.6 Å². The maximum Gasteiger partial charge on any atom is 0.254 e. The molecule has 0 bridgehead atoms. The number of hydrogen-bond donors (Lipinski definition) is 0. The second-order valence-electron chi connectivity index (χ2n) is 8.26. The number of hydrogen-bond acceptors (Lipinski definition) is 5. The summed E-state index contributed by atoms with van der Waals surface area (Å²) in [6.45, 7) is 5.55. The van der Waals surface area contributed by atoms with E-state index in [0.717, 1.165) is 43.3 Å². The van der Waals surface area contributed by atoms with Gasteiger partial charge in [0.05, 0.1) is 26.0 Å². The van der Waals surface area contributed by atoms with Gasteiger partial charge in [-0.2, -0.15) is 0 Å². The summed E-state index contributed by atoms with van der Waals surface area (Å²) in [5.74, 6) is 3.01. The molecule has 0 radical (unpaired) electrons. The van der Waals surface area contributed by atoms with E-state index in [2.05, 4.69) is 11.8 Å². The molecule has 32 heavy (non-hydrogen) atoms. The van der Waals surface area contributed by atoms with E-state index in [-0.39, 0.29) is 5.91 Å². The zero-order chi connectivity index (χ0) is 22.2. The van der Waals surface area contributed by atoms with Gasteiger partial charge in [0.2, 0.25) is 0 Å². The lowest BCUT2D eigenvalue weighted by atomic mass is 10.1. The van der Waals surface area contributed by atoms with Crippen LogP contribution in [0.25, 0.3) is 0 Å². The number of furan rings is 2. The number of carbonyl (C=O) groups excluding carboxylic acids is 1. The first-order valence-electron chi connectivity index (χ1n) is 11.6. The molecule has 1 fully saturated rings. The lowest BCUT2D eigenvalue weighted by Crippen LogP contribution is -2.30. The first-order valence-corrected chi connectivity index (χ1v) is 11.6. The summed E-state index contributed by atoms with van der Waals surface area (Å²) in [4.78, 5) is 17.5. The van der Waals surface area contributed by atoms with E-state index in [1.54, 1.807) is 11.2 Å². The van der Waals surface area contributed by atoms with Crippen molar-refractivity contribution >= 4 is 11.8 Å². The number of amides is 1. The minimum absolute atomic E-state index is 0.0849. The Labute approximate surface area is 189 Å².